The number of hydrogen-bond donors (Lipinski definition) is 2. The van der Waals surface area contributed by atoms with Crippen LogP contribution in [0.2, 0.25) is 0 Å². The molecular formula is C15H22N2O. The van der Waals surface area contributed by atoms with Crippen molar-refractivity contribution in [3.05, 3.63) is 29.8 Å². The van der Waals surface area contributed by atoms with Crippen molar-refractivity contribution in [3.63, 3.8) is 0 Å². The third-order valence-electron chi connectivity index (χ3n) is 4.02. The Hall–Kier alpha value is -1.35. The van der Waals surface area contributed by atoms with E-state index in [2.05, 4.69) is 36.6 Å². The van der Waals surface area contributed by atoms with Crippen molar-refractivity contribution in [1.29, 1.82) is 0 Å². The van der Waals surface area contributed by atoms with Crippen molar-refractivity contribution in [2.45, 2.75) is 33.1 Å². The molecule has 1 atom stereocenters. The van der Waals surface area contributed by atoms with E-state index in [1.54, 1.807) is 0 Å². The Balaban J connectivity index is 2.05. The van der Waals surface area contributed by atoms with Crippen LogP contribution in [0.5, 0.6) is 0 Å². The Kier molecular flexibility index (Phi) is 4.02. The number of benzene rings is 1. The van der Waals surface area contributed by atoms with Crippen molar-refractivity contribution in [2.75, 3.05) is 18.4 Å². The van der Waals surface area contributed by atoms with E-state index in [4.69, 9.17) is 0 Å². The van der Waals surface area contributed by atoms with Gasteiger partial charge < -0.3 is 10.6 Å². The van der Waals surface area contributed by atoms with Gasteiger partial charge in [-0.2, -0.15) is 0 Å². The van der Waals surface area contributed by atoms with Gasteiger partial charge in [-0.25, -0.2) is 0 Å². The minimum Gasteiger partial charge on any atom is -0.326 e. The Morgan fingerprint density at radius 2 is 2.06 bits per heavy atom. The third-order valence-corrected chi connectivity index (χ3v) is 4.02. The van der Waals surface area contributed by atoms with Crippen LogP contribution in [-0.4, -0.2) is 19.0 Å². The van der Waals surface area contributed by atoms with E-state index < -0.39 is 0 Å². The van der Waals surface area contributed by atoms with E-state index in [9.17, 15) is 4.79 Å². The van der Waals surface area contributed by atoms with Gasteiger partial charge in [0.15, 0.2) is 0 Å². The molecule has 2 rings (SSSR count). The lowest BCUT2D eigenvalue weighted by Crippen LogP contribution is -2.37. The van der Waals surface area contributed by atoms with Crippen LogP contribution in [0.1, 0.15) is 32.3 Å². The molecule has 18 heavy (non-hydrogen) atoms. The second-order valence-corrected chi connectivity index (χ2v) is 5.07. The highest BCUT2D eigenvalue weighted by atomic mass is 16.2. The first-order valence-corrected chi connectivity index (χ1v) is 6.81. The summed E-state index contributed by atoms with van der Waals surface area (Å²) in [5.41, 5.74) is 1.97. The summed E-state index contributed by atoms with van der Waals surface area (Å²) in [6.45, 7) is 5.95. The van der Waals surface area contributed by atoms with E-state index in [-0.39, 0.29) is 11.3 Å². The summed E-state index contributed by atoms with van der Waals surface area (Å²) >= 11 is 0. The van der Waals surface area contributed by atoms with Crippen LogP contribution < -0.4 is 10.6 Å². The van der Waals surface area contributed by atoms with E-state index >= 15 is 0 Å². The number of hydrogen-bond acceptors (Lipinski definition) is 2. The van der Waals surface area contributed by atoms with E-state index in [0.717, 1.165) is 38.0 Å². The highest BCUT2D eigenvalue weighted by molar-refractivity contribution is 5.95. The summed E-state index contributed by atoms with van der Waals surface area (Å²) in [6.07, 6.45) is 2.85. The average molecular weight is 246 g/mol. The molecule has 1 aromatic carbocycles. The van der Waals surface area contributed by atoms with Crippen LogP contribution >= 0.6 is 0 Å². The fourth-order valence-electron chi connectivity index (χ4n) is 2.49. The Morgan fingerprint density at radius 3 is 2.56 bits per heavy atom. The fourth-order valence-corrected chi connectivity index (χ4v) is 2.49. The van der Waals surface area contributed by atoms with Gasteiger partial charge in [-0.05, 0) is 43.5 Å². The largest absolute Gasteiger partial charge is 0.326 e. The third kappa shape index (κ3) is 2.56. The average Bonchev–Trinajstić information content (AvgIpc) is 2.89. The lowest BCUT2D eigenvalue weighted by atomic mass is 9.83. The van der Waals surface area contributed by atoms with Gasteiger partial charge in [0.05, 0.1) is 5.41 Å². The number of rotatable bonds is 4. The molecule has 0 bridgehead atoms. The lowest BCUT2D eigenvalue weighted by Gasteiger charge is -2.25. The molecule has 1 fully saturated rings. The zero-order valence-corrected chi connectivity index (χ0v) is 11.3. The first kappa shape index (κ1) is 13.1. The van der Waals surface area contributed by atoms with Crippen molar-refractivity contribution < 1.29 is 4.79 Å². The van der Waals surface area contributed by atoms with Crippen LogP contribution in [0.25, 0.3) is 0 Å². The summed E-state index contributed by atoms with van der Waals surface area (Å²) in [4.78, 5) is 12.4. The first-order chi connectivity index (χ1) is 8.70. The summed E-state index contributed by atoms with van der Waals surface area (Å²) in [7, 11) is 0. The molecule has 0 aliphatic carbocycles. The monoisotopic (exact) mass is 246 g/mol. The Bertz CT molecular complexity index is 405. The van der Waals surface area contributed by atoms with Crippen LogP contribution in [0.15, 0.2) is 24.3 Å². The van der Waals surface area contributed by atoms with Gasteiger partial charge in [-0.15, -0.1) is 0 Å². The van der Waals surface area contributed by atoms with Gasteiger partial charge in [0.2, 0.25) is 5.91 Å². The zero-order chi connectivity index (χ0) is 13.0. The van der Waals surface area contributed by atoms with Gasteiger partial charge in [-0.1, -0.05) is 26.0 Å². The maximum absolute atomic E-state index is 12.4. The molecule has 98 valence electrons. The van der Waals surface area contributed by atoms with Crippen molar-refractivity contribution >= 4 is 11.6 Å². The minimum atomic E-state index is -0.219. The van der Waals surface area contributed by atoms with E-state index in [0.29, 0.717) is 0 Å². The number of aryl methyl sites for hydroxylation is 1. The summed E-state index contributed by atoms with van der Waals surface area (Å²) in [5, 5.41) is 6.34. The van der Waals surface area contributed by atoms with Gasteiger partial charge >= 0.3 is 0 Å². The molecular weight excluding hydrogens is 224 g/mol. The summed E-state index contributed by atoms with van der Waals surface area (Å²) in [6, 6.07) is 8.12. The maximum Gasteiger partial charge on any atom is 0.231 e. The normalized spacial score (nSPS) is 23.0. The van der Waals surface area contributed by atoms with Crippen LogP contribution in [-0.2, 0) is 11.2 Å². The number of carbonyl (C=O) groups is 1. The first-order valence-electron chi connectivity index (χ1n) is 6.81. The quantitative estimate of drug-likeness (QED) is 0.857. The highest BCUT2D eigenvalue weighted by Crippen LogP contribution is 2.30. The molecule has 3 heteroatoms. The molecule has 3 nitrogen and oxygen atoms in total. The van der Waals surface area contributed by atoms with Gasteiger partial charge in [0, 0.05) is 12.2 Å². The van der Waals surface area contributed by atoms with Crippen molar-refractivity contribution in [2.24, 2.45) is 5.41 Å². The van der Waals surface area contributed by atoms with Crippen molar-refractivity contribution in [1.82, 2.24) is 5.32 Å². The molecule has 0 spiro atoms. The molecule has 1 unspecified atom stereocenters. The van der Waals surface area contributed by atoms with Gasteiger partial charge in [-0.3, -0.25) is 4.79 Å². The second-order valence-electron chi connectivity index (χ2n) is 5.07. The smallest absolute Gasteiger partial charge is 0.231 e. The molecule has 1 aliphatic heterocycles. The van der Waals surface area contributed by atoms with Crippen LogP contribution in [0.3, 0.4) is 0 Å². The summed E-state index contributed by atoms with van der Waals surface area (Å²) < 4.78 is 0. The van der Waals surface area contributed by atoms with Crippen LogP contribution in [0, 0.1) is 5.41 Å². The topological polar surface area (TPSA) is 41.1 Å². The molecule has 1 aliphatic rings. The van der Waals surface area contributed by atoms with E-state index in [1.807, 2.05) is 12.1 Å². The summed E-state index contributed by atoms with van der Waals surface area (Å²) in [5.74, 6) is 0.152. The zero-order valence-electron chi connectivity index (χ0n) is 11.3. The van der Waals surface area contributed by atoms with Crippen molar-refractivity contribution in [3.8, 4) is 0 Å². The Labute approximate surface area is 109 Å². The maximum atomic E-state index is 12.4. The minimum absolute atomic E-state index is 0.152. The second kappa shape index (κ2) is 5.53. The lowest BCUT2D eigenvalue weighted by molar-refractivity contribution is -0.124. The molecule has 0 aromatic heterocycles. The molecule has 1 saturated heterocycles. The number of anilines is 1. The molecule has 1 amide bonds. The molecule has 0 radical (unpaired) electrons. The van der Waals surface area contributed by atoms with E-state index in [1.165, 1.54) is 5.56 Å². The SMILES string of the molecule is CCc1ccc(NC(=O)C2(CC)CCNC2)cc1. The standard InChI is InChI=1S/C15H22N2O/c1-3-12-5-7-13(8-6-12)17-14(18)15(4-2)9-10-16-11-15/h5-8,16H,3-4,9-11H2,1-2H3,(H,17,18). The predicted octanol–water partition coefficient (Wildman–Crippen LogP) is 2.58. The van der Waals surface area contributed by atoms with Crippen LogP contribution in [0.4, 0.5) is 5.69 Å². The van der Waals surface area contributed by atoms with Gasteiger partial charge in [0.1, 0.15) is 0 Å². The number of nitrogens with one attached hydrogen (secondary N) is 2. The predicted molar refractivity (Wildman–Crippen MR) is 74.7 cm³/mol. The molecule has 1 heterocycles. The molecule has 1 aromatic rings. The van der Waals surface area contributed by atoms with Gasteiger partial charge in [0.25, 0.3) is 0 Å². The number of carbonyl (C=O) groups excluding carboxylic acids is 1. The highest BCUT2D eigenvalue weighted by Gasteiger charge is 2.39. The number of amides is 1. The Morgan fingerprint density at radius 1 is 1.33 bits per heavy atom. The molecule has 0 saturated carbocycles. The fraction of sp³-hybridized carbons (Fsp3) is 0.533. The molecule has 2 N–H and O–H groups in total.